The molecule has 0 aliphatic heterocycles. The summed E-state index contributed by atoms with van der Waals surface area (Å²) >= 11 is 0. The smallest absolute Gasteiger partial charge is 0.287 e. The number of benzene rings is 2. The molecular formula is C23H24N2O3. The lowest BCUT2D eigenvalue weighted by Crippen LogP contribution is -2.45. The molecule has 0 unspecified atom stereocenters. The van der Waals surface area contributed by atoms with Gasteiger partial charge in [-0.15, -0.1) is 0 Å². The molecule has 2 N–H and O–H groups in total. The second-order valence-electron chi connectivity index (χ2n) is 6.96. The summed E-state index contributed by atoms with van der Waals surface area (Å²) in [5.41, 5.74) is 2.80. The van der Waals surface area contributed by atoms with Gasteiger partial charge in [-0.3, -0.25) is 9.59 Å². The number of furan rings is 1. The molecule has 28 heavy (non-hydrogen) atoms. The molecule has 0 spiro atoms. The third-order valence-electron chi connectivity index (χ3n) is 4.47. The highest BCUT2D eigenvalue weighted by atomic mass is 16.3. The highest BCUT2D eigenvalue weighted by Crippen LogP contribution is 2.19. The number of carbonyl (C=O) groups excluding carboxylic acids is 2. The van der Waals surface area contributed by atoms with Crippen molar-refractivity contribution in [2.75, 3.05) is 5.32 Å². The fraction of sp³-hybridized carbons (Fsp3) is 0.217. The van der Waals surface area contributed by atoms with E-state index in [9.17, 15) is 9.59 Å². The summed E-state index contributed by atoms with van der Waals surface area (Å²) in [7, 11) is 0. The number of anilines is 1. The van der Waals surface area contributed by atoms with Crippen LogP contribution in [0.3, 0.4) is 0 Å². The van der Waals surface area contributed by atoms with E-state index in [-0.39, 0.29) is 11.7 Å². The van der Waals surface area contributed by atoms with Gasteiger partial charge in [-0.05, 0) is 41.3 Å². The summed E-state index contributed by atoms with van der Waals surface area (Å²) < 4.78 is 5.14. The zero-order chi connectivity index (χ0) is 19.9. The van der Waals surface area contributed by atoms with E-state index in [0.29, 0.717) is 18.0 Å². The topological polar surface area (TPSA) is 71.3 Å². The monoisotopic (exact) mass is 376 g/mol. The molecule has 3 rings (SSSR count). The average molecular weight is 376 g/mol. The Kier molecular flexibility index (Phi) is 6.27. The molecule has 0 aliphatic carbocycles. The van der Waals surface area contributed by atoms with Crippen LogP contribution in [0, 0.1) is 0 Å². The Morgan fingerprint density at radius 1 is 0.964 bits per heavy atom. The first-order chi connectivity index (χ1) is 13.5. The number of carbonyl (C=O) groups is 2. The molecule has 3 aromatic rings. The lowest BCUT2D eigenvalue weighted by molar-refractivity contribution is -0.118. The summed E-state index contributed by atoms with van der Waals surface area (Å²) in [5, 5.41) is 5.70. The van der Waals surface area contributed by atoms with Gasteiger partial charge in [0.05, 0.1) is 6.26 Å². The van der Waals surface area contributed by atoms with Gasteiger partial charge in [0.1, 0.15) is 6.04 Å². The van der Waals surface area contributed by atoms with Crippen LogP contribution in [-0.4, -0.2) is 17.9 Å². The van der Waals surface area contributed by atoms with Crippen molar-refractivity contribution >= 4 is 17.5 Å². The van der Waals surface area contributed by atoms with Gasteiger partial charge in [0, 0.05) is 12.1 Å². The van der Waals surface area contributed by atoms with Crippen LogP contribution in [0.1, 0.15) is 41.4 Å². The molecule has 1 heterocycles. The highest BCUT2D eigenvalue weighted by Gasteiger charge is 2.23. The van der Waals surface area contributed by atoms with Crippen LogP contribution in [0.5, 0.6) is 0 Å². The van der Waals surface area contributed by atoms with Gasteiger partial charge in [0.15, 0.2) is 5.76 Å². The van der Waals surface area contributed by atoms with Crippen molar-refractivity contribution in [2.45, 2.75) is 32.2 Å². The Hall–Kier alpha value is -3.34. The SMILES string of the molecule is CC(C)c1cccc(NC(=O)[C@@H](Cc2ccccc2)NC(=O)c2ccco2)c1. The molecule has 0 fully saturated rings. The Morgan fingerprint density at radius 2 is 1.75 bits per heavy atom. The number of hydrogen-bond donors (Lipinski definition) is 2. The molecule has 1 aromatic heterocycles. The van der Waals surface area contributed by atoms with E-state index in [2.05, 4.69) is 24.5 Å². The molecule has 0 bridgehead atoms. The molecular weight excluding hydrogens is 352 g/mol. The summed E-state index contributed by atoms with van der Waals surface area (Å²) in [6.45, 7) is 4.20. The maximum atomic E-state index is 12.9. The fourth-order valence-electron chi connectivity index (χ4n) is 2.90. The molecule has 0 saturated carbocycles. The Balaban J connectivity index is 1.77. The largest absolute Gasteiger partial charge is 0.459 e. The van der Waals surface area contributed by atoms with Crippen molar-refractivity contribution in [3.05, 3.63) is 89.9 Å². The van der Waals surface area contributed by atoms with Gasteiger partial charge in [-0.2, -0.15) is 0 Å². The maximum absolute atomic E-state index is 12.9. The summed E-state index contributed by atoms with van der Waals surface area (Å²) in [6.07, 6.45) is 1.81. The highest BCUT2D eigenvalue weighted by molar-refractivity contribution is 6.00. The normalized spacial score (nSPS) is 11.8. The number of nitrogens with one attached hydrogen (secondary N) is 2. The molecule has 0 saturated heterocycles. The molecule has 5 heteroatoms. The molecule has 5 nitrogen and oxygen atoms in total. The zero-order valence-corrected chi connectivity index (χ0v) is 16.0. The van der Waals surface area contributed by atoms with Crippen molar-refractivity contribution < 1.29 is 14.0 Å². The summed E-state index contributed by atoms with van der Waals surface area (Å²) in [4.78, 5) is 25.4. The van der Waals surface area contributed by atoms with E-state index in [1.165, 1.54) is 6.26 Å². The van der Waals surface area contributed by atoms with Crippen LogP contribution >= 0.6 is 0 Å². The third-order valence-corrected chi connectivity index (χ3v) is 4.47. The third kappa shape index (κ3) is 5.10. The second kappa shape index (κ2) is 9.04. The Bertz CT molecular complexity index is 918. The second-order valence-corrected chi connectivity index (χ2v) is 6.96. The van der Waals surface area contributed by atoms with Gasteiger partial charge >= 0.3 is 0 Å². The van der Waals surface area contributed by atoms with Crippen LogP contribution in [0.2, 0.25) is 0 Å². The first kappa shape index (κ1) is 19.4. The van der Waals surface area contributed by atoms with Gasteiger partial charge in [0.2, 0.25) is 5.91 Å². The average Bonchev–Trinajstić information content (AvgIpc) is 3.23. The van der Waals surface area contributed by atoms with E-state index >= 15 is 0 Å². The first-order valence-electron chi connectivity index (χ1n) is 9.32. The Morgan fingerprint density at radius 3 is 2.43 bits per heavy atom. The minimum atomic E-state index is -0.734. The zero-order valence-electron chi connectivity index (χ0n) is 16.0. The molecule has 1 atom stereocenters. The van der Waals surface area contributed by atoms with E-state index in [1.807, 2.05) is 54.6 Å². The van der Waals surface area contributed by atoms with Gasteiger partial charge < -0.3 is 15.1 Å². The molecule has 0 aliphatic rings. The maximum Gasteiger partial charge on any atom is 0.287 e. The first-order valence-corrected chi connectivity index (χ1v) is 9.32. The predicted octanol–water partition coefficient (Wildman–Crippen LogP) is 4.38. The number of amides is 2. The molecule has 144 valence electrons. The van der Waals surface area contributed by atoms with Crippen molar-refractivity contribution in [3.8, 4) is 0 Å². The van der Waals surface area contributed by atoms with Crippen LogP contribution < -0.4 is 10.6 Å². The van der Waals surface area contributed by atoms with Crippen molar-refractivity contribution in [3.63, 3.8) is 0 Å². The van der Waals surface area contributed by atoms with Crippen LogP contribution in [0.25, 0.3) is 0 Å². The molecule has 0 radical (unpaired) electrons. The van der Waals surface area contributed by atoms with Crippen molar-refractivity contribution in [1.82, 2.24) is 5.32 Å². The predicted molar refractivity (Wildman–Crippen MR) is 109 cm³/mol. The van der Waals surface area contributed by atoms with E-state index < -0.39 is 11.9 Å². The van der Waals surface area contributed by atoms with E-state index in [0.717, 1.165) is 11.1 Å². The van der Waals surface area contributed by atoms with Gasteiger partial charge in [0.25, 0.3) is 5.91 Å². The van der Waals surface area contributed by atoms with Crippen LogP contribution in [0.4, 0.5) is 5.69 Å². The number of hydrogen-bond acceptors (Lipinski definition) is 3. The van der Waals surface area contributed by atoms with Crippen molar-refractivity contribution in [1.29, 1.82) is 0 Å². The lowest BCUT2D eigenvalue weighted by atomic mass is 10.0. The standard InChI is InChI=1S/C23H24N2O3/c1-16(2)18-10-6-11-19(15-18)24-22(26)20(14-17-8-4-3-5-9-17)25-23(27)21-12-7-13-28-21/h3-13,15-16,20H,14H2,1-2H3,(H,24,26)(H,25,27)/t20-/m1/s1. The van der Waals surface area contributed by atoms with Gasteiger partial charge in [-0.1, -0.05) is 56.3 Å². The van der Waals surface area contributed by atoms with Crippen LogP contribution in [0.15, 0.2) is 77.4 Å². The number of rotatable bonds is 7. The van der Waals surface area contributed by atoms with Gasteiger partial charge in [-0.25, -0.2) is 0 Å². The van der Waals surface area contributed by atoms with Crippen LogP contribution in [-0.2, 0) is 11.2 Å². The molecule has 2 amide bonds. The fourth-order valence-corrected chi connectivity index (χ4v) is 2.90. The minimum absolute atomic E-state index is 0.174. The summed E-state index contributed by atoms with van der Waals surface area (Å²) in [5.74, 6) is -0.162. The van der Waals surface area contributed by atoms with E-state index in [1.54, 1.807) is 12.1 Å². The molecule has 2 aromatic carbocycles. The summed E-state index contributed by atoms with van der Waals surface area (Å²) in [6, 6.07) is 19.8. The Labute approximate surface area is 164 Å². The quantitative estimate of drug-likeness (QED) is 0.643. The van der Waals surface area contributed by atoms with Crippen molar-refractivity contribution in [2.24, 2.45) is 0 Å². The minimum Gasteiger partial charge on any atom is -0.459 e. The lowest BCUT2D eigenvalue weighted by Gasteiger charge is -2.19. The van der Waals surface area contributed by atoms with E-state index in [4.69, 9.17) is 4.42 Å².